The smallest absolute Gasteiger partial charge is 0.241 e. The average Bonchev–Trinajstić information content (AvgIpc) is 2.34. The summed E-state index contributed by atoms with van der Waals surface area (Å²) in [6.07, 6.45) is 0. The number of benzene rings is 1. The number of nitrogens with one attached hydrogen (secondary N) is 2. The molecule has 1 rings (SSSR count). The zero-order chi connectivity index (χ0) is 16.3. The van der Waals surface area contributed by atoms with Gasteiger partial charge in [-0.25, -0.2) is 13.1 Å². The molecule has 118 valence electrons. The van der Waals surface area contributed by atoms with Gasteiger partial charge in [0.1, 0.15) is 0 Å². The fourth-order valence-electron chi connectivity index (χ4n) is 1.66. The minimum absolute atomic E-state index is 0.107. The molecule has 0 aliphatic rings. The van der Waals surface area contributed by atoms with E-state index in [1.807, 2.05) is 27.7 Å². The Morgan fingerprint density at radius 2 is 1.76 bits per heavy atom. The molecule has 1 aromatic carbocycles. The van der Waals surface area contributed by atoms with Crippen molar-refractivity contribution in [1.29, 1.82) is 0 Å². The van der Waals surface area contributed by atoms with Crippen LogP contribution in [-0.2, 0) is 14.8 Å². The first-order valence-electron chi connectivity index (χ1n) is 6.67. The van der Waals surface area contributed by atoms with Crippen LogP contribution >= 0.6 is 0 Å². The van der Waals surface area contributed by atoms with Crippen LogP contribution < -0.4 is 15.8 Å². The highest BCUT2D eigenvalue weighted by Gasteiger charge is 2.18. The van der Waals surface area contributed by atoms with Gasteiger partial charge >= 0.3 is 0 Å². The third-order valence-electron chi connectivity index (χ3n) is 2.65. The molecule has 1 amide bonds. The van der Waals surface area contributed by atoms with Crippen LogP contribution in [0.15, 0.2) is 29.2 Å². The molecule has 1 unspecified atom stereocenters. The number of hydrogen-bond donors (Lipinski definition) is 3. The third kappa shape index (κ3) is 5.82. The molecule has 0 heterocycles. The minimum Gasteiger partial charge on any atom is -0.350 e. The molecule has 21 heavy (non-hydrogen) atoms. The fraction of sp³-hybridized carbons (Fsp3) is 0.500. The van der Waals surface area contributed by atoms with Gasteiger partial charge in [0.15, 0.2) is 0 Å². The Hall–Kier alpha value is -1.44. The third-order valence-corrected chi connectivity index (χ3v) is 4.07. The summed E-state index contributed by atoms with van der Waals surface area (Å²) in [5.74, 6) is -0.377. The van der Waals surface area contributed by atoms with E-state index >= 15 is 0 Å². The summed E-state index contributed by atoms with van der Waals surface area (Å²) in [5.41, 5.74) is 6.16. The van der Waals surface area contributed by atoms with E-state index in [0.717, 1.165) is 5.56 Å². The molecule has 0 aromatic heterocycles. The van der Waals surface area contributed by atoms with E-state index in [9.17, 15) is 13.2 Å². The zero-order valence-electron chi connectivity index (χ0n) is 12.8. The van der Waals surface area contributed by atoms with Gasteiger partial charge in [-0.1, -0.05) is 12.1 Å². The second-order valence-corrected chi connectivity index (χ2v) is 7.75. The number of rotatable bonds is 5. The molecule has 0 saturated carbocycles. The van der Waals surface area contributed by atoms with Crippen molar-refractivity contribution in [1.82, 2.24) is 10.0 Å². The SMILES string of the molecule is CC(N)c1ccc(S(=O)(=O)NCC(=O)NC(C)(C)C)cc1. The highest BCUT2D eigenvalue weighted by molar-refractivity contribution is 7.89. The van der Waals surface area contributed by atoms with Crippen LogP contribution in [0, 0.1) is 0 Å². The molecular formula is C14H23N3O3S. The number of sulfonamides is 1. The van der Waals surface area contributed by atoms with Gasteiger partial charge in [0.05, 0.1) is 11.4 Å². The maximum absolute atomic E-state index is 12.1. The van der Waals surface area contributed by atoms with Crippen LogP contribution in [0.5, 0.6) is 0 Å². The lowest BCUT2D eigenvalue weighted by molar-refractivity contribution is -0.121. The summed E-state index contributed by atoms with van der Waals surface area (Å²) >= 11 is 0. The molecule has 0 aliphatic carbocycles. The lowest BCUT2D eigenvalue weighted by Gasteiger charge is -2.20. The van der Waals surface area contributed by atoms with Crippen molar-refractivity contribution in [2.75, 3.05) is 6.54 Å². The molecule has 6 nitrogen and oxygen atoms in total. The minimum atomic E-state index is -3.71. The summed E-state index contributed by atoms with van der Waals surface area (Å²) in [5, 5.41) is 2.68. The van der Waals surface area contributed by atoms with E-state index in [4.69, 9.17) is 5.73 Å². The second-order valence-electron chi connectivity index (χ2n) is 5.98. The largest absolute Gasteiger partial charge is 0.350 e. The van der Waals surface area contributed by atoms with E-state index in [2.05, 4.69) is 10.0 Å². The monoisotopic (exact) mass is 313 g/mol. The van der Waals surface area contributed by atoms with Gasteiger partial charge < -0.3 is 11.1 Å². The van der Waals surface area contributed by atoms with Crippen molar-refractivity contribution < 1.29 is 13.2 Å². The molecule has 7 heteroatoms. The number of nitrogens with two attached hydrogens (primary N) is 1. The van der Waals surface area contributed by atoms with Crippen LogP contribution in [0.1, 0.15) is 39.3 Å². The highest BCUT2D eigenvalue weighted by atomic mass is 32.2. The Morgan fingerprint density at radius 3 is 2.19 bits per heavy atom. The lowest BCUT2D eigenvalue weighted by Crippen LogP contribution is -2.45. The Labute approximate surface area is 126 Å². The van der Waals surface area contributed by atoms with E-state index in [-0.39, 0.29) is 23.4 Å². The Morgan fingerprint density at radius 1 is 1.24 bits per heavy atom. The first-order valence-corrected chi connectivity index (χ1v) is 8.16. The summed E-state index contributed by atoms with van der Waals surface area (Å²) in [4.78, 5) is 11.7. The van der Waals surface area contributed by atoms with Gasteiger partial charge in [-0.05, 0) is 45.4 Å². The quantitative estimate of drug-likeness (QED) is 0.751. The fourth-order valence-corrected chi connectivity index (χ4v) is 2.64. The molecule has 1 atom stereocenters. The van der Waals surface area contributed by atoms with Crippen LogP contribution in [-0.4, -0.2) is 26.4 Å². The normalized spacial score (nSPS) is 13.8. The molecule has 4 N–H and O–H groups in total. The van der Waals surface area contributed by atoms with Gasteiger partial charge in [0.2, 0.25) is 15.9 Å². The van der Waals surface area contributed by atoms with Crippen LogP contribution in [0.4, 0.5) is 0 Å². The molecule has 0 spiro atoms. The Kier molecular flexibility index (Phi) is 5.49. The van der Waals surface area contributed by atoms with E-state index in [0.29, 0.717) is 0 Å². The van der Waals surface area contributed by atoms with E-state index in [1.54, 1.807) is 12.1 Å². The molecule has 0 radical (unpaired) electrons. The molecule has 0 saturated heterocycles. The van der Waals surface area contributed by atoms with Gasteiger partial charge in [-0.3, -0.25) is 4.79 Å². The average molecular weight is 313 g/mol. The zero-order valence-corrected chi connectivity index (χ0v) is 13.6. The van der Waals surface area contributed by atoms with Gasteiger partial charge in [0, 0.05) is 11.6 Å². The standard InChI is InChI=1S/C14H23N3O3S/c1-10(15)11-5-7-12(8-6-11)21(19,20)16-9-13(18)17-14(2,3)4/h5-8,10,16H,9,15H2,1-4H3,(H,17,18). The number of amides is 1. The van der Waals surface area contributed by atoms with Gasteiger partial charge in [-0.15, -0.1) is 0 Å². The lowest BCUT2D eigenvalue weighted by atomic mass is 10.1. The maximum atomic E-state index is 12.1. The highest BCUT2D eigenvalue weighted by Crippen LogP contribution is 2.14. The predicted molar refractivity (Wildman–Crippen MR) is 82.1 cm³/mol. The van der Waals surface area contributed by atoms with Gasteiger partial charge in [-0.2, -0.15) is 0 Å². The van der Waals surface area contributed by atoms with Crippen molar-refractivity contribution in [2.45, 2.75) is 44.2 Å². The number of carbonyl (C=O) groups is 1. The van der Waals surface area contributed by atoms with Crippen LogP contribution in [0.25, 0.3) is 0 Å². The maximum Gasteiger partial charge on any atom is 0.241 e. The summed E-state index contributed by atoms with van der Waals surface area (Å²) < 4.78 is 26.4. The first kappa shape index (κ1) is 17.6. The van der Waals surface area contributed by atoms with E-state index < -0.39 is 15.6 Å². The Balaban J connectivity index is 2.71. The predicted octanol–water partition coefficient (Wildman–Crippen LogP) is 0.899. The van der Waals surface area contributed by atoms with Crippen LogP contribution in [0.3, 0.4) is 0 Å². The summed E-state index contributed by atoms with van der Waals surface area (Å²) in [6, 6.07) is 6.11. The first-order chi connectivity index (χ1) is 9.51. The molecular weight excluding hydrogens is 290 g/mol. The molecule has 1 aromatic rings. The molecule has 0 aliphatic heterocycles. The summed E-state index contributed by atoms with van der Waals surface area (Å²) in [7, 11) is -3.71. The van der Waals surface area contributed by atoms with Crippen molar-refractivity contribution >= 4 is 15.9 Å². The Bertz CT molecular complexity index is 587. The topological polar surface area (TPSA) is 101 Å². The van der Waals surface area contributed by atoms with Crippen molar-refractivity contribution in [2.24, 2.45) is 5.73 Å². The van der Waals surface area contributed by atoms with Crippen LogP contribution in [0.2, 0.25) is 0 Å². The van der Waals surface area contributed by atoms with E-state index in [1.165, 1.54) is 12.1 Å². The van der Waals surface area contributed by atoms with Crippen molar-refractivity contribution in [3.8, 4) is 0 Å². The van der Waals surface area contributed by atoms with Crippen molar-refractivity contribution in [3.05, 3.63) is 29.8 Å². The summed E-state index contributed by atoms with van der Waals surface area (Å²) in [6.45, 7) is 7.00. The molecule has 0 fully saturated rings. The van der Waals surface area contributed by atoms with Gasteiger partial charge in [0.25, 0.3) is 0 Å². The second kappa shape index (κ2) is 6.55. The molecule has 0 bridgehead atoms. The van der Waals surface area contributed by atoms with Crippen molar-refractivity contribution in [3.63, 3.8) is 0 Å². The number of hydrogen-bond acceptors (Lipinski definition) is 4. The number of carbonyl (C=O) groups excluding carboxylic acids is 1.